The molecule has 4 heterocycles. The van der Waals surface area contributed by atoms with E-state index in [0.717, 1.165) is 57.9 Å². The number of carbonyl (C=O) groups excluding carboxylic acids is 1. The number of nitrogens with zero attached hydrogens (tertiary/aromatic N) is 1. The Bertz CT molecular complexity index is 1580. The molecule has 8 aliphatic rings. The highest BCUT2D eigenvalue weighted by molar-refractivity contribution is 5.87. The molecule has 4 aliphatic carbocycles. The van der Waals surface area contributed by atoms with Gasteiger partial charge in [0.1, 0.15) is 18.3 Å². The number of ether oxygens (including phenoxy) is 6. The number of likely N-dealkylation sites (tertiary alicyclic amines) is 1. The number of carboxylic acids is 1. The van der Waals surface area contributed by atoms with E-state index in [-0.39, 0.29) is 34.8 Å². The van der Waals surface area contributed by atoms with Gasteiger partial charge in [0, 0.05) is 49.3 Å². The zero-order valence-electron chi connectivity index (χ0n) is 31.7. The molecule has 3 saturated heterocycles. The van der Waals surface area contributed by atoms with Gasteiger partial charge in [-0.2, -0.15) is 0 Å². The molecule has 1 saturated carbocycles. The van der Waals surface area contributed by atoms with Crippen LogP contribution in [0.4, 0.5) is 0 Å². The second-order valence-electron chi connectivity index (χ2n) is 17.5. The predicted octanol–water partition coefficient (Wildman–Crippen LogP) is 2.10. The smallest absolute Gasteiger partial charge is 0.335 e. The van der Waals surface area contributed by atoms with E-state index in [1.807, 2.05) is 0 Å². The van der Waals surface area contributed by atoms with Crippen LogP contribution in [0.1, 0.15) is 65.2 Å². The van der Waals surface area contributed by atoms with Crippen LogP contribution in [-0.4, -0.2) is 132 Å². The minimum atomic E-state index is -1.67. The van der Waals surface area contributed by atoms with Gasteiger partial charge in [0.2, 0.25) is 6.29 Å². The van der Waals surface area contributed by atoms with Crippen LogP contribution in [0.5, 0.6) is 0 Å². The fraction of sp³-hybridized carbons (Fsp3) is 0.800. The molecule has 0 radical (unpaired) electrons. The summed E-state index contributed by atoms with van der Waals surface area (Å²) >= 11 is 0. The van der Waals surface area contributed by atoms with Crippen molar-refractivity contribution in [2.24, 2.45) is 46.3 Å². The Kier molecular flexibility index (Phi) is 10.1. The summed E-state index contributed by atoms with van der Waals surface area (Å²) in [5.41, 5.74) is 2.95. The molecule has 0 aromatic rings. The molecule has 4 aliphatic heterocycles. The van der Waals surface area contributed by atoms with Crippen LogP contribution in [0, 0.1) is 46.3 Å². The first-order valence-electron chi connectivity index (χ1n) is 19.8. The fourth-order valence-electron chi connectivity index (χ4n) is 12.4. The van der Waals surface area contributed by atoms with Gasteiger partial charge in [-0.25, -0.2) is 4.79 Å². The highest BCUT2D eigenvalue weighted by Gasteiger charge is 2.70. The maximum atomic E-state index is 14.6. The summed E-state index contributed by atoms with van der Waals surface area (Å²) in [6.45, 7) is 5.61. The Balaban J connectivity index is 1.06. The Labute approximate surface area is 316 Å². The third kappa shape index (κ3) is 5.68. The van der Waals surface area contributed by atoms with Crippen molar-refractivity contribution in [3.05, 3.63) is 34.6 Å². The van der Waals surface area contributed by atoms with Gasteiger partial charge in [0.15, 0.2) is 18.2 Å². The maximum Gasteiger partial charge on any atom is 0.335 e. The van der Waals surface area contributed by atoms with Crippen molar-refractivity contribution in [1.82, 2.24) is 4.90 Å². The molecule has 0 amide bonds. The van der Waals surface area contributed by atoms with Crippen LogP contribution in [-0.2, 0) is 38.0 Å². The number of esters is 1. The van der Waals surface area contributed by atoms with Crippen LogP contribution in [0.15, 0.2) is 34.6 Å². The number of fused-ring (bicyclic) bond motifs is 1. The van der Waals surface area contributed by atoms with Crippen molar-refractivity contribution in [3.63, 3.8) is 0 Å². The molecule has 4 fully saturated rings. The van der Waals surface area contributed by atoms with Gasteiger partial charge in [-0.1, -0.05) is 31.1 Å². The number of carbonyl (C=O) groups is 2. The van der Waals surface area contributed by atoms with Crippen molar-refractivity contribution >= 4 is 11.9 Å². The standard InChI is InChI=1S/C40H57NO13/c1-20(2)40(49-4)12-11-38(19-51-40)23-8-5-21-6-10-25-26(13-39(38,30(21)25)18-41(3)14-23)35(48)53-33-31(44)28(16-43)52-37(32(33)45)54-36-29-22(15-42)7-9-24(29)27(17-50-36)34(46)47/h7,17,20,23-26,28-29,31-33,36-37,42-45H,5-6,8-16,18-19H2,1-4H3,(H,46,47)/t23-,24-,25-,26-,28-,29-,31-,32-,33+,36+,37+,38?,39-,40?/m1/s1. The zero-order chi connectivity index (χ0) is 38.3. The second-order valence-corrected chi connectivity index (χ2v) is 17.5. The maximum absolute atomic E-state index is 14.6. The zero-order valence-corrected chi connectivity index (χ0v) is 31.7. The lowest BCUT2D eigenvalue weighted by Gasteiger charge is -2.62. The first kappa shape index (κ1) is 38.5. The molecule has 14 nitrogen and oxygen atoms in total. The van der Waals surface area contributed by atoms with E-state index in [2.05, 4.69) is 25.8 Å². The predicted molar refractivity (Wildman–Crippen MR) is 189 cm³/mol. The number of methoxy groups -OCH3 is 1. The van der Waals surface area contributed by atoms with Crippen LogP contribution in [0.25, 0.3) is 0 Å². The third-order valence-electron chi connectivity index (χ3n) is 15.0. The average molecular weight is 760 g/mol. The van der Waals surface area contributed by atoms with E-state index in [4.69, 9.17) is 28.4 Å². The van der Waals surface area contributed by atoms with E-state index in [1.165, 1.54) is 11.1 Å². The molecule has 2 unspecified atom stereocenters. The van der Waals surface area contributed by atoms with E-state index in [1.54, 1.807) is 13.2 Å². The van der Waals surface area contributed by atoms with E-state index in [9.17, 15) is 35.1 Å². The number of hydrogen-bond donors (Lipinski definition) is 5. The van der Waals surface area contributed by atoms with Crippen LogP contribution in [0.2, 0.25) is 0 Å². The number of aliphatic carboxylic acids is 1. The van der Waals surface area contributed by atoms with Gasteiger partial charge in [-0.05, 0) is 69.4 Å². The average Bonchev–Trinajstić information content (AvgIpc) is 3.86. The molecule has 5 N–H and O–H groups in total. The number of aliphatic hydroxyl groups excluding tert-OH is 4. The summed E-state index contributed by atoms with van der Waals surface area (Å²) in [7, 11) is 3.90. The summed E-state index contributed by atoms with van der Waals surface area (Å²) in [6, 6.07) is 0. The van der Waals surface area contributed by atoms with E-state index < -0.39 is 79.1 Å². The van der Waals surface area contributed by atoms with E-state index >= 15 is 0 Å². The third-order valence-corrected chi connectivity index (χ3v) is 15.0. The largest absolute Gasteiger partial charge is 0.478 e. The molecule has 14 heteroatoms. The Hall–Kier alpha value is -2.40. The highest BCUT2D eigenvalue weighted by Crippen LogP contribution is 2.72. The molecule has 300 valence electrons. The number of carboxylic acid groups (broad SMARTS) is 1. The lowest BCUT2D eigenvalue weighted by Crippen LogP contribution is -2.64. The second kappa shape index (κ2) is 14.2. The summed E-state index contributed by atoms with van der Waals surface area (Å²) in [5.74, 6) is -3.51. The number of allylic oxidation sites excluding steroid dienone is 2. The Morgan fingerprint density at radius 1 is 1.07 bits per heavy atom. The lowest BCUT2D eigenvalue weighted by molar-refractivity contribution is -0.340. The van der Waals surface area contributed by atoms with Crippen molar-refractivity contribution in [2.45, 2.75) is 108 Å². The van der Waals surface area contributed by atoms with Gasteiger partial charge in [-0.3, -0.25) is 4.79 Å². The van der Waals surface area contributed by atoms with Gasteiger partial charge >= 0.3 is 11.9 Å². The molecule has 14 atom stereocenters. The summed E-state index contributed by atoms with van der Waals surface area (Å²) in [4.78, 5) is 28.9. The summed E-state index contributed by atoms with van der Waals surface area (Å²) in [5, 5.41) is 53.0. The normalized spacial score (nSPS) is 45.8. The molecule has 2 spiro atoms. The molecule has 54 heavy (non-hydrogen) atoms. The molecule has 0 aromatic heterocycles. The van der Waals surface area contributed by atoms with E-state index in [0.29, 0.717) is 30.9 Å². The van der Waals surface area contributed by atoms with Crippen LogP contribution < -0.4 is 0 Å². The van der Waals surface area contributed by atoms with Gasteiger partial charge in [0.25, 0.3) is 0 Å². The first-order chi connectivity index (χ1) is 25.8. The van der Waals surface area contributed by atoms with Gasteiger partial charge in [0.05, 0.1) is 43.5 Å². The Morgan fingerprint density at radius 2 is 1.85 bits per heavy atom. The molecule has 0 aromatic carbocycles. The quantitative estimate of drug-likeness (QED) is 0.170. The number of aliphatic hydroxyl groups is 4. The summed E-state index contributed by atoms with van der Waals surface area (Å²) < 4.78 is 36.7. The lowest BCUT2D eigenvalue weighted by atomic mass is 9.50. The molecule has 2 bridgehead atoms. The Morgan fingerprint density at radius 3 is 2.52 bits per heavy atom. The molecule has 8 rings (SSSR count). The van der Waals surface area contributed by atoms with Gasteiger partial charge in [-0.15, -0.1) is 0 Å². The molecular formula is C40H57NO13. The minimum absolute atomic E-state index is 0.0301. The number of piperidine rings is 1. The van der Waals surface area contributed by atoms with Crippen molar-refractivity contribution in [3.8, 4) is 0 Å². The van der Waals surface area contributed by atoms with Crippen molar-refractivity contribution < 1.29 is 63.5 Å². The monoisotopic (exact) mass is 759 g/mol. The SMILES string of the molecule is COC1(C(C)C)CCC2(CO1)[C@@H]1CCC3=C4[C@H](CC3)[C@H](C(=O)O[C@@H]3[C@@H](O)[C@H](O[C@@H]5OC=C(C(=O)O)[C@H]6CC=C(CO)[C@@H]56)O[C@H](CO)[C@H]3O)C[C@@]42CN(C)C1. The fourth-order valence-corrected chi connectivity index (χ4v) is 12.4. The minimum Gasteiger partial charge on any atom is -0.478 e. The van der Waals surface area contributed by atoms with Gasteiger partial charge < -0.3 is 58.9 Å². The number of rotatable bonds is 9. The van der Waals surface area contributed by atoms with Crippen molar-refractivity contribution in [2.75, 3.05) is 47.1 Å². The topological polar surface area (TPSA) is 194 Å². The molecular weight excluding hydrogens is 702 g/mol. The van der Waals surface area contributed by atoms with Crippen molar-refractivity contribution in [1.29, 1.82) is 0 Å². The van der Waals surface area contributed by atoms with Crippen LogP contribution in [0.3, 0.4) is 0 Å². The number of hydrogen-bond acceptors (Lipinski definition) is 13. The first-order valence-corrected chi connectivity index (χ1v) is 19.8. The highest BCUT2D eigenvalue weighted by atomic mass is 16.8. The summed E-state index contributed by atoms with van der Waals surface area (Å²) in [6.07, 6.45) is 0.681. The van der Waals surface area contributed by atoms with Crippen LogP contribution >= 0.6 is 0 Å².